The maximum Gasteiger partial charge on any atom is 0.208 e. The lowest BCUT2D eigenvalue weighted by Crippen LogP contribution is -2.35. The summed E-state index contributed by atoms with van der Waals surface area (Å²) < 4.78 is 0. The molecule has 72 valence electrons. The second-order valence-electron chi connectivity index (χ2n) is 2.83. The normalized spacial score (nSPS) is 22.8. The van der Waals surface area contributed by atoms with Gasteiger partial charge in [0.25, 0.3) is 0 Å². The number of amidine groups is 1. The Labute approximate surface area is 87.6 Å². The van der Waals surface area contributed by atoms with Gasteiger partial charge in [0.05, 0.1) is 0 Å². The lowest BCUT2D eigenvalue weighted by molar-refractivity contribution is 0.405. The van der Waals surface area contributed by atoms with Crippen LogP contribution in [0.25, 0.3) is 0 Å². The number of thioether (sulfide) groups is 2. The molecule has 5 heteroatoms. The molecule has 1 unspecified atom stereocenters. The van der Waals surface area contributed by atoms with Gasteiger partial charge in [-0.05, 0) is 18.4 Å². The summed E-state index contributed by atoms with van der Waals surface area (Å²) >= 11 is 3.50. The van der Waals surface area contributed by atoms with Gasteiger partial charge in [-0.3, -0.25) is 0 Å². The van der Waals surface area contributed by atoms with Crippen molar-refractivity contribution >= 4 is 28.7 Å². The van der Waals surface area contributed by atoms with E-state index in [1.54, 1.807) is 0 Å². The summed E-state index contributed by atoms with van der Waals surface area (Å²) in [4.78, 5) is 5.91. The molecule has 1 rings (SSSR count). The fourth-order valence-electron chi connectivity index (χ4n) is 1.29. The summed E-state index contributed by atoms with van der Waals surface area (Å²) in [5.41, 5.74) is 0. The summed E-state index contributed by atoms with van der Waals surface area (Å²) in [6.07, 6.45) is 5.00. The number of nitrogens with zero attached hydrogens (tertiary/aromatic N) is 3. The molecule has 1 aliphatic rings. The molecule has 1 saturated heterocycles. The lowest BCUT2D eigenvalue weighted by atomic mass is 10.2. The first-order valence-electron chi connectivity index (χ1n) is 4.11. The Hall–Kier alpha value is -0.340. The Bertz CT molecular complexity index is 228. The van der Waals surface area contributed by atoms with Crippen LogP contribution in [-0.4, -0.2) is 40.9 Å². The third-order valence-corrected chi connectivity index (χ3v) is 3.97. The molecule has 1 aliphatic heterocycles. The zero-order valence-corrected chi connectivity index (χ0v) is 9.49. The van der Waals surface area contributed by atoms with Crippen molar-refractivity contribution in [2.24, 2.45) is 4.99 Å². The van der Waals surface area contributed by atoms with Crippen molar-refractivity contribution in [3.8, 4) is 6.19 Å². The number of rotatable bonds is 1. The molecular formula is C8H13N3S2. The largest absolute Gasteiger partial charge is 0.350 e. The maximum absolute atomic E-state index is 8.48. The van der Waals surface area contributed by atoms with Crippen LogP contribution >= 0.6 is 23.5 Å². The first-order chi connectivity index (χ1) is 6.29. The third-order valence-electron chi connectivity index (χ3n) is 2.08. The molecule has 1 fully saturated rings. The van der Waals surface area contributed by atoms with Crippen LogP contribution in [0.5, 0.6) is 0 Å². The van der Waals surface area contributed by atoms with Crippen LogP contribution in [0.15, 0.2) is 4.99 Å². The molecule has 0 aromatic rings. The zero-order valence-electron chi connectivity index (χ0n) is 7.86. The van der Waals surface area contributed by atoms with Gasteiger partial charge < -0.3 is 4.90 Å². The van der Waals surface area contributed by atoms with Crippen LogP contribution in [0.3, 0.4) is 0 Å². The minimum absolute atomic E-state index is 0.560. The van der Waals surface area contributed by atoms with Gasteiger partial charge in [0.2, 0.25) is 6.19 Å². The average Bonchev–Trinajstić information content (AvgIpc) is 2.65. The standard InChI is InChI=1S/C8H13N3S2/c1-11(7-3-4-13-5-7)8(12-2)10-6-9/h7H,3-5H2,1-2H3. The van der Waals surface area contributed by atoms with Crippen molar-refractivity contribution in [3.05, 3.63) is 0 Å². The first kappa shape index (κ1) is 10.7. The van der Waals surface area contributed by atoms with Gasteiger partial charge in [-0.2, -0.15) is 17.0 Å². The van der Waals surface area contributed by atoms with E-state index in [0.717, 1.165) is 10.9 Å². The molecule has 0 radical (unpaired) electrons. The van der Waals surface area contributed by atoms with Crippen LogP contribution in [-0.2, 0) is 0 Å². The Kier molecular flexibility index (Phi) is 4.46. The van der Waals surface area contributed by atoms with Gasteiger partial charge in [0.1, 0.15) is 0 Å². The fourth-order valence-corrected chi connectivity index (χ4v) is 3.13. The predicted octanol–water partition coefficient (Wildman–Crippen LogP) is 1.62. The average molecular weight is 215 g/mol. The number of nitriles is 1. The number of hydrogen-bond donors (Lipinski definition) is 0. The Balaban J connectivity index is 2.58. The van der Waals surface area contributed by atoms with Gasteiger partial charge in [0.15, 0.2) is 5.17 Å². The molecule has 3 nitrogen and oxygen atoms in total. The molecule has 13 heavy (non-hydrogen) atoms. The summed E-state index contributed by atoms with van der Waals surface area (Å²) in [5, 5.41) is 9.31. The highest BCUT2D eigenvalue weighted by atomic mass is 32.2. The van der Waals surface area contributed by atoms with Crippen molar-refractivity contribution in [2.75, 3.05) is 24.8 Å². The Morgan fingerprint density at radius 3 is 3.00 bits per heavy atom. The van der Waals surface area contributed by atoms with Crippen molar-refractivity contribution in [1.82, 2.24) is 4.90 Å². The van der Waals surface area contributed by atoms with E-state index in [-0.39, 0.29) is 0 Å². The van der Waals surface area contributed by atoms with Gasteiger partial charge in [-0.15, -0.1) is 4.99 Å². The van der Waals surface area contributed by atoms with E-state index in [4.69, 9.17) is 5.26 Å². The van der Waals surface area contributed by atoms with Crippen LogP contribution in [0.2, 0.25) is 0 Å². The molecule has 0 saturated carbocycles. The first-order valence-corrected chi connectivity index (χ1v) is 6.49. The summed E-state index contributed by atoms with van der Waals surface area (Å²) in [7, 11) is 2.02. The van der Waals surface area contributed by atoms with Gasteiger partial charge in [-0.1, -0.05) is 11.8 Å². The molecule has 0 aromatic heterocycles. The third kappa shape index (κ3) is 2.82. The van der Waals surface area contributed by atoms with E-state index >= 15 is 0 Å². The molecule has 1 heterocycles. The van der Waals surface area contributed by atoms with Gasteiger partial charge in [0, 0.05) is 18.8 Å². The van der Waals surface area contributed by atoms with E-state index in [9.17, 15) is 0 Å². The second kappa shape index (κ2) is 5.40. The quantitative estimate of drug-likeness (QED) is 0.378. The number of aliphatic imine (C=N–C) groups is 1. The van der Waals surface area contributed by atoms with E-state index in [1.165, 1.54) is 23.9 Å². The molecular weight excluding hydrogens is 202 g/mol. The van der Waals surface area contributed by atoms with Crippen molar-refractivity contribution < 1.29 is 0 Å². The highest BCUT2D eigenvalue weighted by Gasteiger charge is 2.22. The summed E-state index contributed by atoms with van der Waals surface area (Å²) in [6.45, 7) is 0. The van der Waals surface area contributed by atoms with Crippen LogP contribution < -0.4 is 0 Å². The molecule has 0 bridgehead atoms. The molecule has 0 spiro atoms. The zero-order chi connectivity index (χ0) is 9.68. The lowest BCUT2D eigenvalue weighted by Gasteiger charge is -2.25. The second-order valence-corrected chi connectivity index (χ2v) is 4.75. The van der Waals surface area contributed by atoms with E-state index in [1.807, 2.05) is 31.3 Å². The van der Waals surface area contributed by atoms with E-state index in [2.05, 4.69) is 9.89 Å². The van der Waals surface area contributed by atoms with Crippen molar-refractivity contribution in [2.45, 2.75) is 12.5 Å². The Morgan fingerprint density at radius 2 is 2.54 bits per heavy atom. The highest BCUT2D eigenvalue weighted by molar-refractivity contribution is 8.13. The number of hydrogen-bond acceptors (Lipinski definition) is 4. The van der Waals surface area contributed by atoms with Crippen LogP contribution in [0.4, 0.5) is 0 Å². The molecule has 1 atom stereocenters. The van der Waals surface area contributed by atoms with Crippen LogP contribution in [0, 0.1) is 11.5 Å². The predicted molar refractivity (Wildman–Crippen MR) is 60.1 cm³/mol. The minimum Gasteiger partial charge on any atom is -0.350 e. The molecule has 0 aromatic carbocycles. The topological polar surface area (TPSA) is 39.4 Å². The van der Waals surface area contributed by atoms with Gasteiger partial charge in [-0.25, -0.2) is 0 Å². The SMILES string of the molecule is CSC(=NC#N)N(C)C1CCSC1. The Morgan fingerprint density at radius 1 is 1.77 bits per heavy atom. The highest BCUT2D eigenvalue weighted by Crippen LogP contribution is 2.23. The smallest absolute Gasteiger partial charge is 0.208 e. The van der Waals surface area contributed by atoms with E-state index in [0.29, 0.717) is 6.04 Å². The molecule has 0 aliphatic carbocycles. The molecule has 0 amide bonds. The maximum atomic E-state index is 8.48. The van der Waals surface area contributed by atoms with E-state index < -0.39 is 0 Å². The summed E-state index contributed by atoms with van der Waals surface area (Å²) in [5.74, 6) is 2.38. The van der Waals surface area contributed by atoms with Crippen molar-refractivity contribution in [1.29, 1.82) is 5.26 Å². The monoisotopic (exact) mass is 215 g/mol. The van der Waals surface area contributed by atoms with Crippen LogP contribution in [0.1, 0.15) is 6.42 Å². The summed E-state index contributed by atoms with van der Waals surface area (Å²) in [6, 6.07) is 0.560. The molecule has 0 N–H and O–H groups in total. The van der Waals surface area contributed by atoms with Gasteiger partial charge >= 0.3 is 0 Å². The fraction of sp³-hybridized carbons (Fsp3) is 0.750. The van der Waals surface area contributed by atoms with Crippen molar-refractivity contribution in [3.63, 3.8) is 0 Å². The minimum atomic E-state index is 0.560.